The molecule has 3 nitrogen and oxygen atoms in total. The Hall–Kier alpha value is -1.06. The molecule has 1 aromatic rings. The first kappa shape index (κ1) is 11.0. The van der Waals surface area contributed by atoms with Crippen molar-refractivity contribution in [2.24, 2.45) is 0 Å². The highest BCUT2D eigenvalue weighted by atomic mass is 35.5. The van der Waals surface area contributed by atoms with Crippen molar-refractivity contribution >= 4 is 17.4 Å². The van der Waals surface area contributed by atoms with Crippen molar-refractivity contribution < 1.29 is 14.3 Å². The Morgan fingerprint density at radius 3 is 2.29 bits per heavy atom. The molecule has 0 bridgehead atoms. The molecule has 0 heterocycles. The zero-order valence-corrected chi connectivity index (χ0v) is 8.75. The van der Waals surface area contributed by atoms with Crippen LogP contribution in [-0.2, 0) is 4.74 Å². The van der Waals surface area contributed by atoms with E-state index in [1.807, 2.05) is 0 Å². The average Bonchev–Trinajstić information content (AvgIpc) is 2.27. The van der Waals surface area contributed by atoms with E-state index in [4.69, 9.17) is 21.1 Å². The Kier molecular flexibility index (Phi) is 3.92. The first-order chi connectivity index (χ1) is 6.69. The molecule has 0 fully saturated rings. The number of halogens is 1. The number of methoxy groups -OCH3 is 2. The topological polar surface area (TPSA) is 35.5 Å². The van der Waals surface area contributed by atoms with E-state index in [9.17, 15) is 4.79 Å². The molecular weight excluding hydrogens is 204 g/mol. The van der Waals surface area contributed by atoms with Crippen LogP contribution in [0, 0.1) is 0 Å². The van der Waals surface area contributed by atoms with Crippen LogP contribution in [0.1, 0.15) is 10.4 Å². The van der Waals surface area contributed by atoms with Gasteiger partial charge in [0.2, 0.25) is 5.78 Å². The maximum absolute atomic E-state index is 11.5. The van der Waals surface area contributed by atoms with Gasteiger partial charge in [-0.15, -0.1) is 0 Å². The summed E-state index contributed by atoms with van der Waals surface area (Å²) >= 11 is 5.62. The third-order valence-corrected chi connectivity index (χ3v) is 2.16. The fourth-order valence-corrected chi connectivity index (χ4v) is 1.12. The fraction of sp³-hybridized carbons (Fsp3) is 0.300. The minimum absolute atomic E-state index is 0.253. The molecule has 14 heavy (non-hydrogen) atoms. The molecule has 4 heteroatoms. The van der Waals surface area contributed by atoms with Crippen LogP contribution in [0.5, 0.6) is 5.75 Å². The zero-order valence-electron chi connectivity index (χ0n) is 7.99. The summed E-state index contributed by atoms with van der Waals surface area (Å²) in [5.41, 5.74) is -0.420. The molecule has 0 spiro atoms. The highest BCUT2D eigenvalue weighted by molar-refractivity contribution is 6.32. The number of hydrogen-bond acceptors (Lipinski definition) is 3. The highest BCUT2D eigenvalue weighted by Gasteiger charge is 2.15. The minimum Gasteiger partial charge on any atom is -0.497 e. The highest BCUT2D eigenvalue weighted by Crippen LogP contribution is 2.14. The Bertz CT molecular complexity index is 308. The molecule has 0 amide bonds. The number of hydrogen-bond donors (Lipinski definition) is 0. The van der Waals surface area contributed by atoms with E-state index in [0.29, 0.717) is 11.3 Å². The SMILES string of the molecule is COc1ccc(C(=O)C(Cl)OC)cc1. The summed E-state index contributed by atoms with van der Waals surface area (Å²) < 4.78 is 9.67. The van der Waals surface area contributed by atoms with Gasteiger partial charge in [-0.1, -0.05) is 11.6 Å². The van der Waals surface area contributed by atoms with Gasteiger partial charge >= 0.3 is 0 Å². The van der Waals surface area contributed by atoms with Crippen LogP contribution >= 0.6 is 11.6 Å². The molecule has 0 saturated carbocycles. The lowest BCUT2D eigenvalue weighted by molar-refractivity contribution is 0.0782. The molecular formula is C10H11ClO3. The molecule has 76 valence electrons. The lowest BCUT2D eigenvalue weighted by Crippen LogP contribution is -2.16. The van der Waals surface area contributed by atoms with Crippen LogP contribution in [0.4, 0.5) is 0 Å². The smallest absolute Gasteiger partial charge is 0.206 e. The standard InChI is InChI=1S/C10H11ClO3/c1-13-8-5-3-7(4-6-8)9(12)10(11)14-2/h3-6,10H,1-2H3. The van der Waals surface area contributed by atoms with Crippen molar-refractivity contribution in [3.05, 3.63) is 29.8 Å². The van der Waals surface area contributed by atoms with Crippen LogP contribution in [0.2, 0.25) is 0 Å². The third-order valence-electron chi connectivity index (χ3n) is 1.79. The van der Waals surface area contributed by atoms with E-state index in [0.717, 1.165) is 0 Å². The van der Waals surface area contributed by atoms with E-state index in [2.05, 4.69) is 0 Å². The monoisotopic (exact) mass is 214 g/mol. The lowest BCUT2D eigenvalue weighted by atomic mass is 10.1. The van der Waals surface area contributed by atoms with Gasteiger partial charge in [0, 0.05) is 12.7 Å². The number of benzene rings is 1. The van der Waals surface area contributed by atoms with E-state index in [1.165, 1.54) is 7.11 Å². The number of ether oxygens (including phenoxy) is 2. The molecule has 1 rings (SSSR count). The molecule has 0 aromatic heterocycles. The summed E-state index contributed by atoms with van der Waals surface area (Å²) in [6.45, 7) is 0. The summed E-state index contributed by atoms with van der Waals surface area (Å²) in [5.74, 6) is 0.446. The Labute approximate surface area is 87.6 Å². The van der Waals surface area contributed by atoms with Gasteiger partial charge < -0.3 is 9.47 Å². The van der Waals surface area contributed by atoms with Crippen molar-refractivity contribution in [2.45, 2.75) is 5.56 Å². The van der Waals surface area contributed by atoms with Crippen LogP contribution < -0.4 is 4.74 Å². The lowest BCUT2D eigenvalue weighted by Gasteiger charge is -2.06. The van der Waals surface area contributed by atoms with Crippen LogP contribution in [0.25, 0.3) is 0 Å². The molecule has 0 saturated heterocycles. The van der Waals surface area contributed by atoms with E-state index < -0.39 is 5.56 Å². The molecule has 0 aliphatic carbocycles. The van der Waals surface area contributed by atoms with Crippen molar-refractivity contribution in [1.82, 2.24) is 0 Å². The van der Waals surface area contributed by atoms with Crippen LogP contribution in [0.3, 0.4) is 0 Å². The van der Waals surface area contributed by atoms with Gasteiger partial charge in [0.15, 0.2) is 5.56 Å². The largest absolute Gasteiger partial charge is 0.497 e. The Balaban J connectivity index is 2.81. The van der Waals surface area contributed by atoms with Gasteiger partial charge in [0.1, 0.15) is 5.75 Å². The van der Waals surface area contributed by atoms with E-state index in [-0.39, 0.29) is 5.78 Å². The van der Waals surface area contributed by atoms with Gasteiger partial charge in [-0.25, -0.2) is 0 Å². The summed E-state index contributed by atoms with van der Waals surface area (Å²) in [5, 5.41) is 0. The molecule has 1 aromatic carbocycles. The van der Waals surface area contributed by atoms with Gasteiger partial charge in [0.25, 0.3) is 0 Å². The first-order valence-electron chi connectivity index (χ1n) is 4.04. The molecule has 1 atom stereocenters. The summed E-state index contributed by atoms with van der Waals surface area (Å²) in [6, 6.07) is 6.70. The second kappa shape index (κ2) is 4.98. The predicted molar refractivity (Wildman–Crippen MR) is 54.0 cm³/mol. The van der Waals surface area contributed by atoms with E-state index >= 15 is 0 Å². The van der Waals surface area contributed by atoms with Crippen molar-refractivity contribution in [1.29, 1.82) is 0 Å². The molecule has 0 aliphatic rings. The first-order valence-corrected chi connectivity index (χ1v) is 4.48. The Morgan fingerprint density at radius 2 is 1.86 bits per heavy atom. The number of Topliss-reactive ketones (excluding diaryl/α,β-unsaturated/α-hetero) is 1. The normalized spacial score (nSPS) is 12.2. The quantitative estimate of drug-likeness (QED) is 0.569. The summed E-state index contributed by atoms with van der Waals surface area (Å²) in [4.78, 5) is 11.5. The van der Waals surface area contributed by atoms with E-state index in [1.54, 1.807) is 31.4 Å². The Morgan fingerprint density at radius 1 is 1.29 bits per heavy atom. The fourth-order valence-electron chi connectivity index (χ4n) is 0.993. The maximum atomic E-state index is 11.5. The number of ketones is 1. The predicted octanol–water partition coefficient (Wildman–Crippen LogP) is 2.09. The van der Waals surface area contributed by atoms with Crippen molar-refractivity contribution in [3.8, 4) is 5.75 Å². The maximum Gasteiger partial charge on any atom is 0.206 e. The zero-order chi connectivity index (χ0) is 10.6. The number of alkyl halides is 1. The summed E-state index contributed by atoms with van der Waals surface area (Å²) in [6.07, 6.45) is 0. The number of carbonyl (C=O) groups is 1. The molecule has 0 N–H and O–H groups in total. The second-order valence-corrected chi connectivity index (χ2v) is 3.04. The molecule has 0 aliphatic heterocycles. The second-order valence-electron chi connectivity index (χ2n) is 2.64. The van der Waals surface area contributed by atoms with Gasteiger partial charge in [-0.3, -0.25) is 4.79 Å². The molecule has 1 unspecified atom stereocenters. The van der Waals surface area contributed by atoms with Crippen LogP contribution in [-0.4, -0.2) is 25.6 Å². The van der Waals surface area contributed by atoms with Crippen molar-refractivity contribution in [3.63, 3.8) is 0 Å². The molecule has 0 radical (unpaired) electrons. The summed E-state index contributed by atoms with van der Waals surface area (Å²) in [7, 11) is 2.95. The average molecular weight is 215 g/mol. The van der Waals surface area contributed by atoms with Gasteiger partial charge in [0.05, 0.1) is 7.11 Å². The number of rotatable bonds is 4. The number of carbonyl (C=O) groups excluding carboxylic acids is 1. The van der Waals surface area contributed by atoms with Crippen molar-refractivity contribution in [2.75, 3.05) is 14.2 Å². The van der Waals surface area contributed by atoms with Gasteiger partial charge in [-0.05, 0) is 24.3 Å². The van der Waals surface area contributed by atoms with Gasteiger partial charge in [-0.2, -0.15) is 0 Å². The minimum atomic E-state index is -0.927. The van der Waals surface area contributed by atoms with Crippen LogP contribution in [0.15, 0.2) is 24.3 Å². The third kappa shape index (κ3) is 2.47.